The van der Waals surface area contributed by atoms with Crippen molar-refractivity contribution in [3.05, 3.63) is 16.1 Å². The van der Waals surface area contributed by atoms with Crippen LogP contribution in [0.5, 0.6) is 17.2 Å². The molecule has 6 heteroatoms. The van der Waals surface area contributed by atoms with E-state index in [1.165, 1.54) is 0 Å². The Bertz CT molecular complexity index is 557. The van der Waals surface area contributed by atoms with Gasteiger partial charge in [0.1, 0.15) is 6.10 Å². The van der Waals surface area contributed by atoms with Gasteiger partial charge in [0.2, 0.25) is 5.75 Å². The average Bonchev–Trinajstić information content (AvgIpc) is 2.74. The monoisotopic (exact) mass is 358 g/mol. The third kappa shape index (κ3) is 2.57. The number of carbonyl (C=O) groups is 1. The number of esters is 1. The lowest BCUT2D eigenvalue weighted by Gasteiger charge is -2.21. The first-order valence-corrected chi connectivity index (χ1v) is 7.44. The second kappa shape index (κ2) is 6.13. The zero-order valence-corrected chi connectivity index (χ0v) is 14.3. The number of benzene rings is 1. The molecule has 21 heavy (non-hydrogen) atoms. The van der Waals surface area contributed by atoms with Gasteiger partial charge >= 0.3 is 5.97 Å². The Balaban J connectivity index is 2.57. The highest BCUT2D eigenvalue weighted by molar-refractivity contribution is 9.10. The van der Waals surface area contributed by atoms with Crippen molar-refractivity contribution in [3.8, 4) is 17.2 Å². The third-order valence-corrected chi connectivity index (χ3v) is 4.80. The van der Waals surface area contributed by atoms with Crippen molar-refractivity contribution in [1.29, 1.82) is 0 Å². The van der Waals surface area contributed by atoms with Gasteiger partial charge in [-0.1, -0.05) is 13.8 Å². The Kier molecular flexibility index (Phi) is 4.66. The standard InChI is InChI=1S/C15H19BrO5/c1-7-8(2)15(17)21-12(7)9-6-10(18-3)13(19-4)14(20-5)11(9)16/h6-8,12H,1-5H3/t7-,8+,12-/m0/s1. The fourth-order valence-corrected chi connectivity index (χ4v) is 3.19. The molecule has 0 N–H and O–H groups in total. The molecule has 0 unspecified atom stereocenters. The van der Waals surface area contributed by atoms with Crippen LogP contribution in [0.15, 0.2) is 10.5 Å². The van der Waals surface area contributed by atoms with Gasteiger partial charge in [0.15, 0.2) is 11.5 Å². The molecule has 1 aliphatic heterocycles. The molecule has 1 aromatic carbocycles. The summed E-state index contributed by atoms with van der Waals surface area (Å²) in [5, 5.41) is 0. The lowest BCUT2D eigenvalue weighted by atomic mass is 9.90. The molecule has 0 radical (unpaired) electrons. The van der Waals surface area contributed by atoms with Crippen LogP contribution in [0.1, 0.15) is 25.5 Å². The number of hydrogen-bond acceptors (Lipinski definition) is 5. The van der Waals surface area contributed by atoms with Crippen molar-refractivity contribution in [2.75, 3.05) is 21.3 Å². The van der Waals surface area contributed by atoms with Crippen molar-refractivity contribution in [3.63, 3.8) is 0 Å². The SMILES string of the molecule is COc1cc([C@H]2OC(=O)[C@H](C)[C@@H]2C)c(Br)c(OC)c1OC. The molecule has 1 heterocycles. The lowest BCUT2D eigenvalue weighted by Crippen LogP contribution is -2.11. The number of cyclic esters (lactones) is 1. The van der Waals surface area contributed by atoms with E-state index in [4.69, 9.17) is 18.9 Å². The fourth-order valence-electron chi connectivity index (χ4n) is 2.51. The summed E-state index contributed by atoms with van der Waals surface area (Å²) in [6, 6.07) is 1.82. The Hall–Kier alpha value is -1.43. The van der Waals surface area contributed by atoms with Crippen LogP contribution < -0.4 is 14.2 Å². The largest absolute Gasteiger partial charge is 0.493 e. The van der Waals surface area contributed by atoms with E-state index in [1.54, 1.807) is 21.3 Å². The maximum atomic E-state index is 11.8. The van der Waals surface area contributed by atoms with E-state index in [-0.39, 0.29) is 23.9 Å². The molecule has 2 rings (SSSR count). The van der Waals surface area contributed by atoms with Crippen molar-refractivity contribution < 1.29 is 23.7 Å². The van der Waals surface area contributed by atoms with Gasteiger partial charge in [-0.15, -0.1) is 0 Å². The summed E-state index contributed by atoms with van der Waals surface area (Å²) in [5.74, 6) is 1.30. The second-order valence-electron chi connectivity index (χ2n) is 5.05. The van der Waals surface area contributed by atoms with E-state index in [9.17, 15) is 4.79 Å². The first-order chi connectivity index (χ1) is 9.96. The van der Waals surface area contributed by atoms with E-state index in [0.29, 0.717) is 21.7 Å². The number of hydrogen-bond donors (Lipinski definition) is 0. The van der Waals surface area contributed by atoms with Gasteiger partial charge in [-0.25, -0.2) is 0 Å². The molecule has 1 aromatic rings. The molecule has 0 bridgehead atoms. The molecule has 5 nitrogen and oxygen atoms in total. The topological polar surface area (TPSA) is 54.0 Å². The molecule has 3 atom stereocenters. The normalized spacial score (nSPS) is 24.7. The average molecular weight is 359 g/mol. The maximum absolute atomic E-state index is 11.8. The molecule has 0 amide bonds. The van der Waals surface area contributed by atoms with Gasteiger partial charge in [-0.2, -0.15) is 0 Å². The van der Waals surface area contributed by atoms with Crippen LogP contribution in [-0.4, -0.2) is 27.3 Å². The van der Waals surface area contributed by atoms with Crippen LogP contribution in [0.25, 0.3) is 0 Å². The van der Waals surface area contributed by atoms with Crippen molar-refractivity contribution in [1.82, 2.24) is 0 Å². The van der Waals surface area contributed by atoms with E-state index >= 15 is 0 Å². The molecule has 0 aromatic heterocycles. The van der Waals surface area contributed by atoms with E-state index in [2.05, 4.69) is 15.9 Å². The lowest BCUT2D eigenvalue weighted by molar-refractivity contribution is -0.144. The Morgan fingerprint density at radius 2 is 1.71 bits per heavy atom. The Labute approximate surface area is 132 Å². The molecule has 0 spiro atoms. The molecule has 0 aliphatic carbocycles. The van der Waals surface area contributed by atoms with Gasteiger partial charge in [0.05, 0.1) is 31.7 Å². The maximum Gasteiger partial charge on any atom is 0.309 e. The molecule has 1 aliphatic rings. The zero-order valence-electron chi connectivity index (χ0n) is 12.7. The summed E-state index contributed by atoms with van der Waals surface area (Å²) in [7, 11) is 4.66. The minimum Gasteiger partial charge on any atom is -0.493 e. The van der Waals surface area contributed by atoms with Crippen LogP contribution in [0.4, 0.5) is 0 Å². The minimum absolute atomic E-state index is 0.0663. The summed E-state index contributed by atoms with van der Waals surface area (Å²) in [6.07, 6.45) is -0.337. The second-order valence-corrected chi connectivity index (χ2v) is 5.85. The summed E-state index contributed by atoms with van der Waals surface area (Å²) >= 11 is 3.52. The summed E-state index contributed by atoms with van der Waals surface area (Å²) in [5.41, 5.74) is 0.815. The molecule has 0 saturated carbocycles. The van der Waals surface area contributed by atoms with Crippen LogP contribution in [0.3, 0.4) is 0 Å². The van der Waals surface area contributed by atoms with E-state index < -0.39 is 0 Å². The number of halogens is 1. The summed E-state index contributed by atoms with van der Waals surface area (Å²) in [6.45, 7) is 3.87. The minimum atomic E-state index is -0.337. The predicted molar refractivity (Wildman–Crippen MR) is 81.0 cm³/mol. The first kappa shape index (κ1) is 15.9. The van der Waals surface area contributed by atoms with Crippen molar-refractivity contribution >= 4 is 21.9 Å². The van der Waals surface area contributed by atoms with Gasteiger partial charge in [-0.3, -0.25) is 4.79 Å². The summed E-state index contributed by atoms with van der Waals surface area (Å²) in [4.78, 5) is 11.8. The smallest absolute Gasteiger partial charge is 0.309 e. The number of carbonyl (C=O) groups excluding carboxylic acids is 1. The predicted octanol–water partition coefficient (Wildman–Crippen LogP) is 3.35. The third-order valence-electron chi connectivity index (χ3n) is 3.99. The van der Waals surface area contributed by atoms with E-state index in [0.717, 1.165) is 5.56 Å². The number of ether oxygens (including phenoxy) is 4. The highest BCUT2D eigenvalue weighted by Gasteiger charge is 2.41. The quantitative estimate of drug-likeness (QED) is 0.772. The van der Waals surface area contributed by atoms with E-state index in [1.807, 2.05) is 19.9 Å². The van der Waals surface area contributed by atoms with Crippen LogP contribution in [-0.2, 0) is 9.53 Å². The van der Waals surface area contributed by atoms with Crippen LogP contribution in [0.2, 0.25) is 0 Å². The van der Waals surface area contributed by atoms with Gasteiger partial charge in [-0.05, 0) is 22.0 Å². The van der Waals surface area contributed by atoms with Gasteiger partial charge < -0.3 is 18.9 Å². The number of rotatable bonds is 4. The molecule has 1 fully saturated rings. The fraction of sp³-hybridized carbons (Fsp3) is 0.533. The Morgan fingerprint density at radius 1 is 1.10 bits per heavy atom. The molecular formula is C15H19BrO5. The number of methoxy groups -OCH3 is 3. The van der Waals surface area contributed by atoms with Crippen molar-refractivity contribution in [2.24, 2.45) is 11.8 Å². The molecule has 1 saturated heterocycles. The molecule has 116 valence electrons. The van der Waals surface area contributed by atoms with Crippen LogP contribution >= 0.6 is 15.9 Å². The molecular weight excluding hydrogens is 340 g/mol. The highest BCUT2D eigenvalue weighted by Crippen LogP contribution is 2.50. The highest BCUT2D eigenvalue weighted by atomic mass is 79.9. The van der Waals surface area contributed by atoms with Crippen molar-refractivity contribution in [2.45, 2.75) is 20.0 Å². The van der Waals surface area contributed by atoms with Crippen LogP contribution in [0, 0.1) is 11.8 Å². The van der Waals surface area contributed by atoms with Gasteiger partial charge in [0, 0.05) is 11.5 Å². The first-order valence-electron chi connectivity index (χ1n) is 6.65. The Morgan fingerprint density at radius 3 is 2.14 bits per heavy atom. The van der Waals surface area contributed by atoms with Gasteiger partial charge in [0.25, 0.3) is 0 Å². The zero-order chi connectivity index (χ0) is 15.7. The summed E-state index contributed by atoms with van der Waals surface area (Å²) < 4.78 is 22.3.